The van der Waals surface area contributed by atoms with Crippen molar-refractivity contribution in [3.05, 3.63) is 58.7 Å². The minimum Gasteiger partial charge on any atom is -0.382 e. The first kappa shape index (κ1) is 17.2. The standard InChI is InChI=1S/C16H15N11O/c1-9-14(15(17)26(24-9)12-7-18-8-13(28)21-12)22-23-16-20-10(2)25-27(16)11-5-3-4-6-19-11/h3-8H,17H2,1-2H3,(H,21,28). The van der Waals surface area contributed by atoms with Crippen LogP contribution in [0.4, 0.5) is 17.5 Å². The van der Waals surface area contributed by atoms with Gasteiger partial charge >= 0.3 is 0 Å². The minimum atomic E-state index is -0.368. The van der Waals surface area contributed by atoms with Gasteiger partial charge in [-0.25, -0.2) is 4.98 Å². The molecule has 4 rings (SSSR count). The van der Waals surface area contributed by atoms with Gasteiger partial charge in [-0.05, 0) is 26.0 Å². The molecule has 28 heavy (non-hydrogen) atoms. The number of nitrogen functional groups attached to an aromatic ring is 1. The van der Waals surface area contributed by atoms with Crippen LogP contribution in [0.2, 0.25) is 0 Å². The molecule has 0 aromatic carbocycles. The summed E-state index contributed by atoms with van der Waals surface area (Å²) in [4.78, 5) is 26.4. The van der Waals surface area contributed by atoms with Crippen molar-refractivity contribution < 1.29 is 0 Å². The molecule has 0 fully saturated rings. The number of aryl methyl sites for hydroxylation is 2. The molecule has 0 radical (unpaired) electrons. The van der Waals surface area contributed by atoms with Crippen molar-refractivity contribution in [2.24, 2.45) is 10.2 Å². The van der Waals surface area contributed by atoms with E-state index in [1.807, 2.05) is 6.07 Å². The maximum Gasteiger partial charge on any atom is 0.273 e. The molecule has 4 aromatic heterocycles. The number of nitrogens with two attached hydrogens (primary N) is 1. The highest BCUT2D eigenvalue weighted by Crippen LogP contribution is 2.29. The van der Waals surface area contributed by atoms with Gasteiger partial charge in [0.1, 0.15) is 5.82 Å². The monoisotopic (exact) mass is 377 g/mol. The zero-order chi connectivity index (χ0) is 19.7. The SMILES string of the molecule is Cc1nc(N=Nc2c(C)nn(-c3cncc(=O)[nH]3)c2N)n(-c2ccccn2)n1. The molecular weight excluding hydrogens is 362 g/mol. The lowest BCUT2D eigenvalue weighted by molar-refractivity contribution is 0.826. The number of H-pyrrole nitrogens is 1. The average Bonchev–Trinajstić information content (AvgIpc) is 3.20. The van der Waals surface area contributed by atoms with E-state index in [1.165, 1.54) is 15.6 Å². The third kappa shape index (κ3) is 3.13. The van der Waals surface area contributed by atoms with Gasteiger partial charge in [0.2, 0.25) is 0 Å². The lowest BCUT2D eigenvalue weighted by Gasteiger charge is -2.02. The average molecular weight is 377 g/mol. The van der Waals surface area contributed by atoms with E-state index in [-0.39, 0.29) is 17.3 Å². The third-order valence-electron chi connectivity index (χ3n) is 3.73. The quantitative estimate of drug-likeness (QED) is 0.510. The van der Waals surface area contributed by atoms with Gasteiger partial charge < -0.3 is 10.7 Å². The van der Waals surface area contributed by atoms with Gasteiger partial charge in [-0.3, -0.25) is 9.78 Å². The fourth-order valence-electron chi connectivity index (χ4n) is 2.51. The highest BCUT2D eigenvalue weighted by molar-refractivity contribution is 5.63. The third-order valence-corrected chi connectivity index (χ3v) is 3.73. The van der Waals surface area contributed by atoms with Crippen LogP contribution in [0.3, 0.4) is 0 Å². The van der Waals surface area contributed by atoms with E-state index in [4.69, 9.17) is 5.73 Å². The molecule has 4 heterocycles. The molecule has 0 spiro atoms. The molecule has 12 heteroatoms. The molecule has 0 aliphatic carbocycles. The summed E-state index contributed by atoms with van der Waals surface area (Å²) in [7, 11) is 0. The van der Waals surface area contributed by atoms with E-state index in [0.29, 0.717) is 28.8 Å². The van der Waals surface area contributed by atoms with Crippen molar-refractivity contribution in [2.45, 2.75) is 13.8 Å². The molecule has 0 aliphatic heterocycles. The van der Waals surface area contributed by atoms with Crippen LogP contribution >= 0.6 is 0 Å². The Labute approximate surface area is 157 Å². The predicted octanol–water partition coefficient (Wildman–Crippen LogP) is 1.55. The van der Waals surface area contributed by atoms with Crippen LogP contribution in [0.5, 0.6) is 0 Å². The van der Waals surface area contributed by atoms with Crippen molar-refractivity contribution in [2.75, 3.05) is 5.73 Å². The number of anilines is 1. The highest BCUT2D eigenvalue weighted by Gasteiger charge is 2.16. The normalized spacial score (nSPS) is 11.4. The van der Waals surface area contributed by atoms with Crippen molar-refractivity contribution in [1.29, 1.82) is 0 Å². The first-order valence-corrected chi connectivity index (χ1v) is 8.19. The number of aromatic nitrogens is 8. The van der Waals surface area contributed by atoms with Gasteiger partial charge in [0.05, 0.1) is 18.1 Å². The maximum absolute atomic E-state index is 11.5. The number of hydrogen-bond acceptors (Lipinski definition) is 9. The Balaban J connectivity index is 1.73. The Morgan fingerprint density at radius 2 is 1.96 bits per heavy atom. The maximum atomic E-state index is 11.5. The topological polar surface area (TPSA) is 158 Å². The zero-order valence-electron chi connectivity index (χ0n) is 15.0. The molecule has 0 saturated carbocycles. The molecule has 12 nitrogen and oxygen atoms in total. The molecule has 0 unspecified atom stereocenters. The molecule has 4 aromatic rings. The summed E-state index contributed by atoms with van der Waals surface area (Å²) in [5, 5.41) is 17.0. The fraction of sp³-hybridized carbons (Fsp3) is 0.125. The Bertz CT molecular complexity index is 1220. The number of nitrogens with one attached hydrogen (secondary N) is 1. The van der Waals surface area contributed by atoms with E-state index in [1.54, 1.807) is 32.2 Å². The highest BCUT2D eigenvalue weighted by atomic mass is 16.1. The smallest absolute Gasteiger partial charge is 0.273 e. The first-order chi connectivity index (χ1) is 13.5. The Morgan fingerprint density at radius 1 is 1.11 bits per heavy atom. The van der Waals surface area contributed by atoms with Crippen LogP contribution in [-0.2, 0) is 0 Å². The Morgan fingerprint density at radius 3 is 2.71 bits per heavy atom. The van der Waals surface area contributed by atoms with Crippen LogP contribution < -0.4 is 11.3 Å². The van der Waals surface area contributed by atoms with E-state index >= 15 is 0 Å². The second kappa shape index (κ2) is 6.83. The van der Waals surface area contributed by atoms with Gasteiger partial charge in [0, 0.05) is 6.20 Å². The lowest BCUT2D eigenvalue weighted by atomic mass is 10.4. The molecule has 0 aliphatic rings. The van der Waals surface area contributed by atoms with E-state index < -0.39 is 0 Å². The van der Waals surface area contributed by atoms with Crippen LogP contribution in [0.25, 0.3) is 11.6 Å². The van der Waals surface area contributed by atoms with Crippen molar-refractivity contribution in [1.82, 2.24) is 39.5 Å². The first-order valence-electron chi connectivity index (χ1n) is 8.19. The summed E-state index contributed by atoms with van der Waals surface area (Å²) in [5.41, 5.74) is 6.64. The number of hydrogen-bond donors (Lipinski definition) is 2. The summed E-state index contributed by atoms with van der Waals surface area (Å²) < 4.78 is 2.82. The van der Waals surface area contributed by atoms with Crippen molar-refractivity contribution in [3.63, 3.8) is 0 Å². The molecule has 0 amide bonds. The summed E-state index contributed by atoms with van der Waals surface area (Å²) in [6.45, 7) is 3.47. The lowest BCUT2D eigenvalue weighted by Crippen LogP contribution is -2.12. The molecule has 0 atom stereocenters. The van der Waals surface area contributed by atoms with Crippen LogP contribution in [0, 0.1) is 13.8 Å². The van der Waals surface area contributed by atoms with E-state index in [9.17, 15) is 4.79 Å². The van der Waals surface area contributed by atoms with Crippen molar-refractivity contribution in [3.8, 4) is 11.6 Å². The van der Waals surface area contributed by atoms with Crippen LogP contribution in [0.15, 0.2) is 51.8 Å². The molecule has 3 N–H and O–H groups in total. The predicted molar refractivity (Wildman–Crippen MR) is 99.2 cm³/mol. The molecule has 0 saturated heterocycles. The van der Waals surface area contributed by atoms with Crippen LogP contribution in [0.1, 0.15) is 11.5 Å². The number of nitrogens with zero attached hydrogens (tertiary/aromatic N) is 9. The van der Waals surface area contributed by atoms with Gasteiger partial charge in [-0.1, -0.05) is 6.07 Å². The van der Waals surface area contributed by atoms with E-state index in [2.05, 4.69) is 40.4 Å². The van der Waals surface area contributed by atoms with Crippen molar-refractivity contribution >= 4 is 17.5 Å². The van der Waals surface area contributed by atoms with Crippen LogP contribution in [-0.4, -0.2) is 39.5 Å². The molecular formula is C16H15N11O. The van der Waals surface area contributed by atoms with Gasteiger partial charge in [0.15, 0.2) is 23.1 Å². The van der Waals surface area contributed by atoms with Gasteiger partial charge in [0.25, 0.3) is 11.5 Å². The second-order valence-corrected chi connectivity index (χ2v) is 5.77. The van der Waals surface area contributed by atoms with Gasteiger partial charge in [-0.2, -0.15) is 19.4 Å². The summed E-state index contributed by atoms with van der Waals surface area (Å²) >= 11 is 0. The number of pyridine rings is 1. The number of azo groups is 1. The fourth-order valence-corrected chi connectivity index (χ4v) is 2.51. The van der Waals surface area contributed by atoms with E-state index in [0.717, 1.165) is 6.20 Å². The number of aromatic amines is 1. The zero-order valence-corrected chi connectivity index (χ0v) is 15.0. The Hall–Kier alpha value is -4.22. The number of rotatable bonds is 4. The molecule has 0 bridgehead atoms. The summed E-state index contributed by atoms with van der Waals surface area (Å²) in [5.74, 6) is 1.85. The summed E-state index contributed by atoms with van der Waals surface area (Å²) in [6.07, 6.45) is 4.24. The Kier molecular flexibility index (Phi) is 4.20. The molecule has 140 valence electrons. The second-order valence-electron chi connectivity index (χ2n) is 5.77. The minimum absolute atomic E-state index is 0.200. The van der Waals surface area contributed by atoms with Gasteiger partial charge in [-0.15, -0.1) is 15.3 Å². The largest absolute Gasteiger partial charge is 0.382 e. The summed E-state index contributed by atoms with van der Waals surface area (Å²) in [6, 6.07) is 5.42.